The Balaban J connectivity index is 4.07. The monoisotopic (exact) mass is 845 g/mol. The van der Waals surface area contributed by atoms with Gasteiger partial charge in [0.05, 0.1) is 26.4 Å². The third-order valence-corrected chi connectivity index (χ3v) is 11.6. The fraction of sp³-hybridized carbons (Fsp3) is 0.896. The van der Waals surface area contributed by atoms with Crippen molar-refractivity contribution in [3.63, 3.8) is 0 Å². The molecule has 0 bridgehead atoms. The first-order valence-electron chi connectivity index (χ1n) is 24.3. The van der Waals surface area contributed by atoms with Crippen LogP contribution < -0.4 is 0 Å². The van der Waals surface area contributed by atoms with Crippen LogP contribution in [0, 0.1) is 0 Å². The lowest BCUT2D eigenvalue weighted by atomic mass is 10.0. The average molecular weight is 845 g/mol. The Morgan fingerprint density at radius 2 is 0.931 bits per heavy atom. The Labute approximate surface area is 357 Å². The summed E-state index contributed by atoms with van der Waals surface area (Å²) in [7, 11) is -4.52. The number of ether oxygens (including phenoxy) is 2. The number of hydrogen-bond donors (Lipinski definition) is 3. The Bertz CT molecular complexity index is 959. The van der Waals surface area contributed by atoms with Gasteiger partial charge in [-0.1, -0.05) is 205 Å². The third-order valence-electron chi connectivity index (χ3n) is 10.6. The van der Waals surface area contributed by atoms with E-state index in [-0.39, 0.29) is 25.6 Å². The van der Waals surface area contributed by atoms with Crippen LogP contribution in [0.3, 0.4) is 0 Å². The number of carbonyl (C=O) groups excluding carboxylic acids is 1. The zero-order chi connectivity index (χ0) is 42.5. The van der Waals surface area contributed by atoms with Crippen LogP contribution in [-0.4, -0.2) is 66.3 Å². The summed E-state index contributed by atoms with van der Waals surface area (Å²) in [6.07, 6.45) is 48.5. The molecule has 10 heteroatoms. The Morgan fingerprint density at radius 1 is 0.534 bits per heavy atom. The van der Waals surface area contributed by atoms with Gasteiger partial charge in [0.15, 0.2) is 0 Å². The second-order valence-corrected chi connectivity index (χ2v) is 17.9. The van der Waals surface area contributed by atoms with Crippen LogP contribution in [0.2, 0.25) is 0 Å². The first-order chi connectivity index (χ1) is 28.3. The van der Waals surface area contributed by atoms with Crippen molar-refractivity contribution < 1.29 is 43.0 Å². The van der Waals surface area contributed by atoms with Gasteiger partial charge < -0.3 is 24.6 Å². The zero-order valence-electron chi connectivity index (χ0n) is 37.8. The normalized spacial score (nSPS) is 14.1. The van der Waals surface area contributed by atoms with Crippen molar-refractivity contribution in [1.29, 1.82) is 0 Å². The molecule has 3 N–H and O–H groups in total. The minimum absolute atomic E-state index is 0.0462. The summed E-state index contributed by atoms with van der Waals surface area (Å²) in [4.78, 5) is 22.6. The van der Waals surface area contributed by atoms with Crippen LogP contribution in [-0.2, 0) is 27.9 Å². The molecular weight excluding hydrogens is 751 g/mol. The standard InChI is InChI=1S/C48H93O9P/c1-3-5-7-9-11-13-15-17-19-21-22-23-24-25-26-28-30-32-34-36-38-40-48(51)57-47(45-56-58(52,53)55-43-46(50)42-49)44-54-41-39-37-35-33-31-29-27-20-18-16-14-12-10-8-6-4-2/h12,14,18,20,46-47,49-50H,3-11,13,15-17,19,21-45H2,1-2H3,(H,52,53)/b14-12-,20-18-. The summed E-state index contributed by atoms with van der Waals surface area (Å²) in [5, 5.41) is 18.4. The molecule has 3 atom stereocenters. The van der Waals surface area contributed by atoms with E-state index in [9.17, 15) is 19.4 Å². The van der Waals surface area contributed by atoms with Gasteiger partial charge >= 0.3 is 13.8 Å². The van der Waals surface area contributed by atoms with E-state index in [2.05, 4.69) is 38.2 Å². The molecule has 58 heavy (non-hydrogen) atoms. The van der Waals surface area contributed by atoms with Crippen molar-refractivity contribution in [2.24, 2.45) is 0 Å². The van der Waals surface area contributed by atoms with Crippen LogP contribution in [0.4, 0.5) is 0 Å². The molecule has 0 aromatic heterocycles. The van der Waals surface area contributed by atoms with Crippen molar-refractivity contribution >= 4 is 13.8 Å². The van der Waals surface area contributed by atoms with E-state index in [0.717, 1.165) is 51.4 Å². The lowest BCUT2D eigenvalue weighted by Crippen LogP contribution is -2.29. The Kier molecular flexibility index (Phi) is 44.6. The van der Waals surface area contributed by atoms with Gasteiger partial charge in [0.2, 0.25) is 0 Å². The van der Waals surface area contributed by atoms with Crippen molar-refractivity contribution in [2.45, 2.75) is 244 Å². The van der Waals surface area contributed by atoms with E-state index in [1.54, 1.807) is 0 Å². The molecule has 0 rings (SSSR count). The number of hydrogen-bond acceptors (Lipinski definition) is 8. The van der Waals surface area contributed by atoms with Crippen LogP contribution in [0.15, 0.2) is 24.3 Å². The summed E-state index contributed by atoms with van der Waals surface area (Å²) in [5.74, 6) is -0.381. The molecule has 0 fully saturated rings. The maximum Gasteiger partial charge on any atom is 0.472 e. The highest BCUT2D eigenvalue weighted by molar-refractivity contribution is 7.47. The van der Waals surface area contributed by atoms with Crippen LogP contribution in [0.1, 0.15) is 232 Å². The van der Waals surface area contributed by atoms with E-state index in [1.165, 1.54) is 161 Å². The van der Waals surface area contributed by atoms with Gasteiger partial charge in [-0.15, -0.1) is 0 Å². The summed E-state index contributed by atoms with van der Waals surface area (Å²) in [6, 6.07) is 0. The van der Waals surface area contributed by atoms with Crippen molar-refractivity contribution in [1.82, 2.24) is 0 Å². The maximum absolute atomic E-state index is 12.7. The minimum Gasteiger partial charge on any atom is -0.457 e. The Morgan fingerprint density at radius 3 is 1.41 bits per heavy atom. The predicted molar refractivity (Wildman–Crippen MR) is 242 cm³/mol. The van der Waals surface area contributed by atoms with Gasteiger partial charge in [-0.3, -0.25) is 13.8 Å². The summed E-state index contributed by atoms with van der Waals surface area (Å²) >= 11 is 0. The molecule has 9 nitrogen and oxygen atoms in total. The highest BCUT2D eigenvalue weighted by atomic mass is 31.2. The smallest absolute Gasteiger partial charge is 0.457 e. The molecule has 0 aliphatic rings. The number of phosphoric acid groups is 1. The van der Waals surface area contributed by atoms with Gasteiger partial charge in [-0.2, -0.15) is 0 Å². The first-order valence-corrected chi connectivity index (χ1v) is 25.8. The number of unbranched alkanes of at least 4 members (excludes halogenated alkanes) is 29. The number of aliphatic hydroxyl groups excluding tert-OH is 2. The van der Waals surface area contributed by atoms with E-state index < -0.39 is 33.2 Å². The fourth-order valence-corrected chi connectivity index (χ4v) is 7.71. The summed E-state index contributed by atoms with van der Waals surface area (Å²) in [5.41, 5.74) is 0. The van der Waals surface area contributed by atoms with Crippen LogP contribution in [0.25, 0.3) is 0 Å². The van der Waals surface area contributed by atoms with E-state index >= 15 is 0 Å². The van der Waals surface area contributed by atoms with E-state index in [4.69, 9.17) is 23.6 Å². The number of aliphatic hydroxyl groups is 2. The molecule has 344 valence electrons. The van der Waals surface area contributed by atoms with Crippen molar-refractivity contribution in [2.75, 3.05) is 33.0 Å². The lowest BCUT2D eigenvalue weighted by Gasteiger charge is -2.20. The summed E-state index contributed by atoms with van der Waals surface area (Å²) in [6.45, 7) is 3.51. The van der Waals surface area contributed by atoms with Crippen LogP contribution in [0.5, 0.6) is 0 Å². The van der Waals surface area contributed by atoms with E-state index in [1.807, 2.05) is 0 Å². The lowest BCUT2D eigenvalue weighted by molar-refractivity contribution is -0.154. The largest absolute Gasteiger partial charge is 0.472 e. The Hall–Kier alpha value is -1.06. The van der Waals surface area contributed by atoms with Crippen molar-refractivity contribution in [3.05, 3.63) is 24.3 Å². The molecule has 0 saturated carbocycles. The maximum atomic E-state index is 12.7. The fourth-order valence-electron chi connectivity index (χ4n) is 6.92. The minimum atomic E-state index is -4.52. The number of rotatable bonds is 47. The molecule has 3 unspecified atom stereocenters. The molecule has 0 spiro atoms. The van der Waals surface area contributed by atoms with Crippen LogP contribution >= 0.6 is 7.82 Å². The second kappa shape index (κ2) is 45.5. The second-order valence-electron chi connectivity index (χ2n) is 16.5. The highest BCUT2D eigenvalue weighted by Crippen LogP contribution is 2.43. The summed E-state index contributed by atoms with van der Waals surface area (Å²) < 4.78 is 33.5. The quantitative estimate of drug-likeness (QED) is 0.0237. The SMILES string of the molecule is CCCCC/C=C\C/C=C\CCCCCCCCOCC(COP(=O)(O)OCC(O)CO)OC(=O)CCCCCCCCCCCCCCCCCCCCCCC. The molecule has 0 aliphatic carbocycles. The number of carbonyl (C=O) groups is 1. The number of phosphoric ester groups is 1. The molecule has 0 aliphatic heterocycles. The van der Waals surface area contributed by atoms with Gasteiger partial charge in [0.25, 0.3) is 0 Å². The van der Waals surface area contributed by atoms with Gasteiger partial charge in [0.1, 0.15) is 12.2 Å². The van der Waals surface area contributed by atoms with Gasteiger partial charge in [-0.05, 0) is 44.9 Å². The van der Waals surface area contributed by atoms with Crippen molar-refractivity contribution in [3.8, 4) is 0 Å². The molecule has 0 amide bonds. The highest BCUT2D eigenvalue weighted by Gasteiger charge is 2.26. The molecule has 0 radical (unpaired) electrons. The molecule has 0 aromatic carbocycles. The average Bonchev–Trinajstić information content (AvgIpc) is 3.21. The third kappa shape index (κ3) is 44.5. The first kappa shape index (κ1) is 56.9. The molecule has 0 heterocycles. The predicted octanol–water partition coefficient (Wildman–Crippen LogP) is 13.8. The van der Waals surface area contributed by atoms with Gasteiger partial charge in [0, 0.05) is 13.0 Å². The van der Waals surface area contributed by atoms with E-state index in [0.29, 0.717) is 6.61 Å². The molecule has 0 saturated heterocycles. The molecule has 0 aromatic rings. The molecular formula is C48H93O9P. The zero-order valence-corrected chi connectivity index (χ0v) is 38.7. The number of esters is 1. The van der Waals surface area contributed by atoms with Gasteiger partial charge in [-0.25, -0.2) is 4.57 Å². The number of allylic oxidation sites excluding steroid dienone is 4. The topological polar surface area (TPSA) is 132 Å².